The second-order valence-electron chi connectivity index (χ2n) is 5.08. The summed E-state index contributed by atoms with van der Waals surface area (Å²) < 4.78 is 1.86. The molecular weight excluding hydrogens is 292 g/mol. The van der Waals surface area contributed by atoms with Crippen molar-refractivity contribution in [1.82, 2.24) is 9.88 Å². The molecule has 0 fully saturated rings. The van der Waals surface area contributed by atoms with Crippen molar-refractivity contribution in [2.75, 3.05) is 0 Å². The van der Waals surface area contributed by atoms with Crippen molar-refractivity contribution in [1.29, 1.82) is 5.26 Å². The topological polar surface area (TPSA) is 101 Å². The highest BCUT2D eigenvalue weighted by Crippen LogP contribution is 2.20. The first-order chi connectivity index (χ1) is 10.9. The van der Waals surface area contributed by atoms with Gasteiger partial charge in [0.1, 0.15) is 11.6 Å². The summed E-state index contributed by atoms with van der Waals surface area (Å²) in [5.74, 6) is -0.826. The molecule has 3 N–H and O–H groups in total. The number of imide groups is 1. The van der Waals surface area contributed by atoms with Crippen LogP contribution in [-0.2, 0) is 4.79 Å². The molecule has 2 aromatic rings. The molecule has 0 aliphatic heterocycles. The van der Waals surface area contributed by atoms with Crippen LogP contribution < -0.4 is 11.1 Å². The van der Waals surface area contributed by atoms with E-state index in [0.717, 1.165) is 16.8 Å². The average Bonchev–Trinajstić information content (AvgIpc) is 2.91. The summed E-state index contributed by atoms with van der Waals surface area (Å²) in [6.45, 7) is 4.00. The van der Waals surface area contributed by atoms with Crippen molar-refractivity contribution < 1.29 is 9.59 Å². The van der Waals surface area contributed by atoms with Crippen LogP contribution in [0.5, 0.6) is 0 Å². The van der Waals surface area contributed by atoms with Crippen LogP contribution in [-0.4, -0.2) is 16.5 Å². The van der Waals surface area contributed by atoms with Gasteiger partial charge in [-0.25, -0.2) is 4.79 Å². The molecular formula is C17H16N4O2. The zero-order chi connectivity index (χ0) is 17.0. The number of nitrogens with zero attached hydrogens (tertiary/aromatic N) is 2. The fourth-order valence-electron chi connectivity index (χ4n) is 2.28. The second-order valence-corrected chi connectivity index (χ2v) is 5.08. The third-order valence-corrected chi connectivity index (χ3v) is 3.29. The number of benzene rings is 1. The number of carbonyl (C=O) groups excluding carboxylic acids is 2. The van der Waals surface area contributed by atoms with Crippen LogP contribution in [0, 0.1) is 25.2 Å². The molecule has 116 valence electrons. The van der Waals surface area contributed by atoms with Gasteiger partial charge in [0.2, 0.25) is 0 Å². The summed E-state index contributed by atoms with van der Waals surface area (Å²) in [5.41, 5.74) is 8.50. The van der Waals surface area contributed by atoms with Gasteiger partial charge in [-0.05, 0) is 43.7 Å². The Morgan fingerprint density at radius 2 is 2.04 bits per heavy atom. The number of carbonyl (C=O) groups is 2. The lowest BCUT2D eigenvalue weighted by atomic mass is 10.1. The van der Waals surface area contributed by atoms with Crippen LogP contribution in [0.3, 0.4) is 0 Å². The number of hydrogen-bond donors (Lipinski definition) is 2. The predicted molar refractivity (Wildman–Crippen MR) is 86.6 cm³/mol. The smallest absolute Gasteiger partial charge is 0.319 e. The Hall–Kier alpha value is -3.33. The van der Waals surface area contributed by atoms with Crippen LogP contribution in [0.4, 0.5) is 4.79 Å². The maximum Gasteiger partial charge on any atom is 0.319 e. The second kappa shape index (κ2) is 6.62. The number of urea groups is 1. The number of nitrogens with one attached hydrogen (secondary N) is 1. The van der Waals surface area contributed by atoms with Gasteiger partial charge >= 0.3 is 6.03 Å². The summed E-state index contributed by atoms with van der Waals surface area (Å²) in [7, 11) is 0. The summed E-state index contributed by atoms with van der Waals surface area (Å²) in [6.07, 6.45) is 3.25. The number of aryl methyl sites for hydroxylation is 2. The molecule has 0 saturated heterocycles. The number of nitrogens with two attached hydrogens (primary N) is 1. The highest BCUT2D eigenvalue weighted by atomic mass is 16.2. The number of primary amides is 1. The highest BCUT2D eigenvalue weighted by Gasteiger charge is 2.13. The minimum atomic E-state index is -0.999. The van der Waals surface area contributed by atoms with Crippen LogP contribution >= 0.6 is 0 Å². The quantitative estimate of drug-likeness (QED) is 0.671. The minimum Gasteiger partial charge on any atom is -0.351 e. The number of rotatable bonds is 3. The monoisotopic (exact) mass is 308 g/mol. The molecule has 0 unspecified atom stereocenters. The third kappa shape index (κ3) is 3.66. The zero-order valence-electron chi connectivity index (χ0n) is 12.8. The lowest BCUT2D eigenvalue weighted by Crippen LogP contribution is -2.35. The SMILES string of the molecule is Cc1ccc(-n2cccc2/C=C(/C#N)C(=O)NC(N)=O)c(C)c1. The van der Waals surface area contributed by atoms with Crippen molar-refractivity contribution in [3.8, 4) is 11.8 Å². The maximum atomic E-state index is 11.8. The predicted octanol–water partition coefficient (Wildman–Crippen LogP) is 2.20. The first-order valence-corrected chi connectivity index (χ1v) is 6.90. The molecule has 1 aromatic heterocycles. The molecule has 0 saturated carbocycles. The van der Waals surface area contributed by atoms with Crippen molar-refractivity contribution >= 4 is 18.0 Å². The fourth-order valence-corrected chi connectivity index (χ4v) is 2.28. The van der Waals surface area contributed by atoms with Gasteiger partial charge < -0.3 is 10.3 Å². The van der Waals surface area contributed by atoms with Crippen LogP contribution in [0.1, 0.15) is 16.8 Å². The van der Waals surface area contributed by atoms with Crippen LogP contribution in [0.25, 0.3) is 11.8 Å². The van der Waals surface area contributed by atoms with Gasteiger partial charge in [-0.3, -0.25) is 10.1 Å². The Bertz CT molecular complexity index is 841. The van der Waals surface area contributed by atoms with Gasteiger partial charge in [0.15, 0.2) is 0 Å². The molecule has 6 nitrogen and oxygen atoms in total. The van der Waals surface area contributed by atoms with E-state index in [0.29, 0.717) is 5.69 Å². The van der Waals surface area contributed by atoms with E-state index in [-0.39, 0.29) is 5.57 Å². The molecule has 23 heavy (non-hydrogen) atoms. The molecule has 0 aliphatic carbocycles. The van der Waals surface area contributed by atoms with Gasteiger partial charge in [-0.1, -0.05) is 17.7 Å². The van der Waals surface area contributed by atoms with Gasteiger partial charge in [-0.2, -0.15) is 5.26 Å². The van der Waals surface area contributed by atoms with Gasteiger partial charge in [0.05, 0.1) is 0 Å². The first kappa shape index (κ1) is 16.0. The Balaban J connectivity index is 2.45. The van der Waals surface area contributed by atoms with Crippen molar-refractivity contribution in [3.63, 3.8) is 0 Å². The molecule has 2 rings (SSSR count). The lowest BCUT2D eigenvalue weighted by molar-refractivity contribution is -0.115. The van der Waals surface area contributed by atoms with E-state index in [2.05, 4.69) is 0 Å². The standard InChI is InChI=1S/C17H16N4O2/c1-11-5-6-15(12(2)8-11)21-7-3-4-14(21)9-13(10-18)16(22)20-17(19)23/h3-9H,1-2H3,(H3,19,20,22,23)/b13-9-. The molecule has 1 heterocycles. The average molecular weight is 308 g/mol. The highest BCUT2D eigenvalue weighted by molar-refractivity contribution is 6.08. The molecule has 0 radical (unpaired) electrons. The molecule has 0 spiro atoms. The summed E-state index contributed by atoms with van der Waals surface area (Å²) in [6, 6.07) is 10.4. The van der Waals surface area contributed by atoms with Crippen LogP contribution in [0.2, 0.25) is 0 Å². The van der Waals surface area contributed by atoms with E-state index in [1.807, 2.05) is 54.2 Å². The number of aromatic nitrogens is 1. The normalized spacial score (nSPS) is 10.9. The Morgan fingerprint density at radius 3 is 2.65 bits per heavy atom. The van der Waals surface area contributed by atoms with Gasteiger partial charge in [-0.15, -0.1) is 0 Å². The Kier molecular flexibility index (Phi) is 4.62. The Labute approximate surface area is 133 Å². The van der Waals surface area contributed by atoms with Gasteiger partial charge in [0.25, 0.3) is 5.91 Å². The van der Waals surface area contributed by atoms with E-state index >= 15 is 0 Å². The molecule has 0 bridgehead atoms. The number of nitriles is 1. The van der Waals surface area contributed by atoms with E-state index < -0.39 is 11.9 Å². The largest absolute Gasteiger partial charge is 0.351 e. The van der Waals surface area contributed by atoms with E-state index in [4.69, 9.17) is 11.0 Å². The zero-order valence-corrected chi connectivity index (χ0v) is 12.8. The maximum absolute atomic E-state index is 11.8. The Morgan fingerprint density at radius 1 is 1.30 bits per heavy atom. The summed E-state index contributed by atoms with van der Waals surface area (Å²) in [4.78, 5) is 22.5. The number of hydrogen-bond acceptors (Lipinski definition) is 3. The van der Waals surface area contributed by atoms with Gasteiger partial charge in [0, 0.05) is 17.6 Å². The molecule has 0 atom stereocenters. The van der Waals surface area contributed by atoms with Crippen molar-refractivity contribution in [2.24, 2.45) is 5.73 Å². The molecule has 3 amide bonds. The molecule has 1 aromatic carbocycles. The molecule has 0 aliphatic rings. The number of amides is 3. The van der Waals surface area contributed by atoms with Crippen molar-refractivity contribution in [3.05, 3.63) is 58.9 Å². The summed E-state index contributed by atoms with van der Waals surface area (Å²) in [5, 5.41) is 11.0. The van der Waals surface area contributed by atoms with Crippen LogP contribution in [0.15, 0.2) is 42.1 Å². The lowest BCUT2D eigenvalue weighted by Gasteiger charge is -2.11. The fraction of sp³-hybridized carbons (Fsp3) is 0.118. The van der Waals surface area contributed by atoms with E-state index in [9.17, 15) is 9.59 Å². The van der Waals surface area contributed by atoms with Crippen molar-refractivity contribution in [2.45, 2.75) is 13.8 Å². The van der Waals surface area contributed by atoms with E-state index in [1.54, 1.807) is 12.1 Å². The molecule has 6 heteroatoms. The summed E-state index contributed by atoms with van der Waals surface area (Å²) >= 11 is 0. The first-order valence-electron chi connectivity index (χ1n) is 6.90. The van der Waals surface area contributed by atoms with E-state index in [1.165, 1.54) is 6.08 Å². The third-order valence-electron chi connectivity index (χ3n) is 3.29. The minimum absolute atomic E-state index is 0.200.